The minimum absolute atomic E-state index is 0.932. The van der Waals surface area contributed by atoms with Gasteiger partial charge >= 0.3 is 16.6 Å². The van der Waals surface area contributed by atoms with E-state index in [9.17, 15) is 0 Å². The summed E-state index contributed by atoms with van der Waals surface area (Å²) in [4.78, 5) is 0. The van der Waals surface area contributed by atoms with Crippen LogP contribution in [0.15, 0.2) is 0 Å². The summed E-state index contributed by atoms with van der Waals surface area (Å²) in [6.45, 7) is 0.932. The zero-order valence-corrected chi connectivity index (χ0v) is 6.77. The molecule has 32 valence electrons. The third kappa shape index (κ3) is 5.02. The summed E-state index contributed by atoms with van der Waals surface area (Å²) >= 11 is 3.56. The van der Waals surface area contributed by atoms with Gasteiger partial charge in [0, 0.05) is 6.61 Å². The molecule has 0 heterocycles. The van der Waals surface area contributed by atoms with E-state index in [-0.39, 0.29) is 0 Å². The summed E-state index contributed by atoms with van der Waals surface area (Å²) in [5.41, 5.74) is 0. The van der Waals surface area contributed by atoms with Crippen molar-refractivity contribution in [2.45, 2.75) is 11.7 Å². The lowest BCUT2D eigenvalue weighted by Crippen LogP contribution is -1.86. The molecule has 2 radical (unpaired) electrons. The van der Waals surface area contributed by atoms with Crippen LogP contribution >= 0.6 is 0 Å². The van der Waals surface area contributed by atoms with Gasteiger partial charge in [-0.25, -0.2) is 0 Å². The molecule has 0 aliphatic heterocycles. The third-order valence-electron chi connectivity index (χ3n) is 0.539. The van der Waals surface area contributed by atoms with Gasteiger partial charge in [-0.1, -0.05) is 0 Å². The molecule has 0 spiro atoms. The predicted molar refractivity (Wildman–Crippen MR) is 29.7 cm³/mol. The van der Waals surface area contributed by atoms with Crippen molar-refractivity contribution in [1.29, 1.82) is 0 Å². The van der Waals surface area contributed by atoms with Crippen molar-refractivity contribution >= 4 is 32.9 Å². The maximum Gasteiger partial charge on any atom is 0.394 e. The van der Waals surface area contributed by atoms with Gasteiger partial charge in [0.25, 0.3) is 0 Å². The largest absolute Gasteiger partial charge is 0.510 e. The van der Waals surface area contributed by atoms with Gasteiger partial charge in [0.1, 0.15) is 0 Å². The van der Waals surface area contributed by atoms with Crippen LogP contribution in [0, 0.1) is 0 Å². The van der Waals surface area contributed by atoms with Crippen LogP contribution in [-0.4, -0.2) is 39.5 Å². The van der Waals surface area contributed by atoms with Gasteiger partial charge in [-0.2, -0.15) is 0 Å². The van der Waals surface area contributed by atoms with Gasteiger partial charge in [0.15, 0.2) is 16.3 Å². The first kappa shape index (κ1) is 7.02. The second-order valence-electron chi connectivity index (χ2n) is 1.12. The molecule has 0 N–H and O–H groups in total. The first-order valence-electron chi connectivity index (χ1n) is 2.08. The fourth-order valence-electron chi connectivity index (χ4n) is 0.204. The van der Waals surface area contributed by atoms with Gasteiger partial charge < -0.3 is 3.79 Å². The van der Waals surface area contributed by atoms with E-state index in [0.717, 1.165) is 6.61 Å². The molecular weight excluding hydrogens is 106 g/mol. The van der Waals surface area contributed by atoms with Crippen LogP contribution in [0.3, 0.4) is 0 Å². The van der Waals surface area contributed by atoms with E-state index in [1.54, 1.807) is 16.6 Å². The Morgan fingerprint density at radius 1 is 1.50 bits per heavy atom. The van der Waals surface area contributed by atoms with E-state index in [0.29, 0.717) is 0 Å². The lowest BCUT2D eigenvalue weighted by atomic mass is 10.5. The molecule has 0 saturated heterocycles. The molecule has 0 aromatic heterocycles. The van der Waals surface area contributed by atoms with Crippen LogP contribution in [0.4, 0.5) is 0 Å². The maximum atomic E-state index is 4.81. The highest BCUT2D eigenvalue weighted by Crippen LogP contribution is 1.80. The molecule has 3 heteroatoms. The molecule has 0 aromatic carbocycles. The fourth-order valence-corrected chi connectivity index (χ4v) is 0.612. The van der Waals surface area contributed by atoms with Crippen LogP contribution in [0.5, 0.6) is 0 Å². The normalized spacial score (nSPS) is 8.67. The highest BCUT2D eigenvalue weighted by atomic mass is 27.1. The smallest absolute Gasteiger partial charge is 0.394 e. The molecule has 0 aliphatic rings. The van der Waals surface area contributed by atoms with Crippen molar-refractivity contribution in [2.24, 2.45) is 0 Å². The van der Waals surface area contributed by atoms with Crippen molar-refractivity contribution in [3.63, 3.8) is 0 Å². The Labute approximate surface area is 55.2 Å². The highest BCUT2D eigenvalue weighted by Gasteiger charge is 1.74. The minimum Gasteiger partial charge on any atom is -0.510 e. The molecule has 0 bridgehead atoms. The highest BCUT2D eigenvalue weighted by molar-refractivity contribution is 6.08. The molecule has 0 aromatic rings. The lowest BCUT2D eigenvalue weighted by molar-refractivity contribution is 0.349. The van der Waals surface area contributed by atoms with Crippen molar-refractivity contribution in [3.05, 3.63) is 0 Å². The molecule has 0 atom stereocenters. The number of hydrogen-bond donors (Lipinski definition) is 0. The molecule has 6 heavy (non-hydrogen) atoms. The van der Waals surface area contributed by atoms with Gasteiger partial charge in [0.05, 0.1) is 0 Å². The molecule has 0 fully saturated rings. The predicted octanol–water partition coefficient (Wildman–Crippen LogP) is -0.472. The zero-order valence-electron chi connectivity index (χ0n) is 3.94. The quantitative estimate of drug-likeness (QED) is 0.356. The van der Waals surface area contributed by atoms with Crippen LogP contribution in [0.1, 0.15) is 6.42 Å². The zero-order chi connectivity index (χ0) is 4.83. The van der Waals surface area contributed by atoms with E-state index < -0.39 is 0 Å². The Morgan fingerprint density at radius 3 is 2.33 bits per heavy atom. The Bertz CT molecular complexity index is 20.8. The van der Waals surface area contributed by atoms with Crippen LogP contribution in [-0.2, 0) is 3.79 Å². The molecule has 0 amide bonds. The van der Waals surface area contributed by atoms with E-state index in [1.165, 1.54) is 11.7 Å². The SMILES string of the molecule is [AlH][CH2]CC[O][AlH]. The standard InChI is InChI=1S/C3H6O.2Al.2H/c1-2-3-4;;;;/h1-3H2;;;;/q-1;;+1;;. The van der Waals surface area contributed by atoms with Gasteiger partial charge in [-0.05, 0) is 6.42 Å². The van der Waals surface area contributed by atoms with E-state index in [1.807, 2.05) is 16.3 Å². The van der Waals surface area contributed by atoms with E-state index in [2.05, 4.69) is 0 Å². The Morgan fingerprint density at radius 2 is 2.17 bits per heavy atom. The second kappa shape index (κ2) is 6.02. The summed E-state index contributed by atoms with van der Waals surface area (Å²) in [5.74, 6) is 0. The monoisotopic (exact) mass is 114 g/mol. The molecule has 0 unspecified atom stereocenters. The number of rotatable bonds is 3. The lowest BCUT2D eigenvalue weighted by Gasteiger charge is -1.91. The van der Waals surface area contributed by atoms with Gasteiger partial charge in [0.2, 0.25) is 0 Å². The summed E-state index contributed by atoms with van der Waals surface area (Å²) in [6, 6.07) is 0. The summed E-state index contributed by atoms with van der Waals surface area (Å²) in [7, 11) is 0. The third-order valence-corrected chi connectivity index (χ3v) is 1.33. The molecular formula is C3H8Al2O. The Hall–Kier alpha value is 1.02. The van der Waals surface area contributed by atoms with Gasteiger partial charge in [-0.3, -0.25) is 0 Å². The average molecular weight is 114 g/mol. The van der Waals surface area contributed by atoms with E-state index >= 15 is 0 Å². The van der Waals surface area contributed by atoms with Crippen molar-refractivity contribution in [2.75, 3.05) is 6.61 Å². The Balaban J connectivity index is 2.34. The maximum absolute atomic E-state index is 4.81. The summed E-state index contributed by atoms with van der Waals surface area (Å²) in [5, 5.41) is 1.26. The summed E-state index contributed by atoms with van der Waals surface area (Å²) in [6.07, 6.45) is 1.21. The van der Waals surface area contributed by atoms with Crippen LogP contribution in [0.25, 0.3) is 0 Å². The van der Waals surface area contributed by atoms with Gasteiger partial charge in [-0.15, -0.1) is 5.28 Å². The summed E-state index contributed by atoms with van der Waals surface area (Å²) < 4.78 is 4.81. The van der Waals surface area contributed by atoms with Crippen molar-refractivity contribution < 1.29 is 3.79 Å². The first-order chi connectivity index (χ1) is 2.91. The molecule has 0 saturated carbocycles. The second-order valence-corrected chi connectivity index (χ2v) is 2.23. The fraction of sp³-hybridized carbons (Fsp3) is 1.00. The van der Waals surface area contributed by atoms with E-state index in [4.69, 9.17) is 3.79 Å². The topological polar surface area (TPSA) is 9.23 Å². The van der Waals surface area contributed by atoms with Crippen molar-refractivity contribution in [1.82, 2.24) is 0 Å². The van der Waals surface area contributed by atoms with Crippen molar-refractivity contribution in [3.8, 4) is 0 Å². The number of hydrogen-bond acceptors (Lipinski definition) is 1. The molecule has 0 aliphatic carbocycles. The Kier molecular flexibility index (Phi) is 7.05. The first-order valence-corrected chi connectivity index (χ1v) is 3.65. The van der Waals surface area contributed by atoms with Crippen LogP contribution < -0.4 is 0 Å². The molecule has 1 nitrogen and oxygen atoms in total. The molecule has 0 rings (SSSR count). The van der Waals surface area contributed by atoms with Crippen LogP contribution in [0.2, 0.25) is 5.28 Å². The minimum atomic E-state index is 0.932. The average Bonchev–Trinajstić information content (AvgIpc) is 1.61.